The van der Waals surface area contributed by atoms with Gasteiger partial charge in [0.1, 0.15) is 4.21 Å². The summed E-state index contributed by atoms with van der Waals surface area (Å²) in [7, 11) is -3.62. The van der Waals surface area contributed by atoms with Crippen LogP contribution < -0.4 is 15.4 Å². The van der Waals surface area contributed by atoms with Crippen molar-refractivity contribution in [1.82, 2.24) is 10.6 Å². The SMILES string of the molecule is CC(CNC(=O)NCc1ccccc1NS(=O)(=O)c1cccs1)C1CCCCC1. The highest BCUT2D eigenvalue weighted by molar-refractivity contribution is 7.94. The zero-order valence-corrected chi connectivity index (χ0v) is 18.3. The maximum Gasteiger partial charge on any atom is 0.315 e. The maximum absolute atomic E-state index is 12.5. The monoisotopic (exact) mass is 435 g/mol. The lowest BCUT2D eigenvalue weighted by atomic mass is 9.81. The fourth-order valence-corrected chi connectivity index (χ4v) is 5.84. The van der Waals surface area contributed by atoms with Crippen molar-refractivity contribution in [2.24, 2.45) is 11.8 Å². The highest BCUT2D eigenvalue weighted by Crippen LogP contribution is 2.29. The first-order chi connectivity index (χ1) is 14.0. The van der Waals surface area contributed by atoms with E-state index in [9.17, 15) is 13.2 Å². The number of para-hydroxylation sites is 1. The Balaban J connectivity index is 1.52. The van der Waals surface area contributed by atoms with Gasteiger partial charge in [-0.3, -0.25) is 4.72 Å². The van der Waals surface area contributed by atoms with Gasteiger partial charge in [-0.1, -0.05) is 63.3 Å². The van der Waals surface area contributed by atoms with Crippen molar-refractivity contribution in [3.05, 3.63) is 47.3 Å². The van der Waals surface area contributed by atoms with E-state index in [1.54, 1.807) is 35.7 Å². The van der Waals surface area contributed by atoms with Gasteiger partial charge in [0.2, 0.25) is 0 Å². The van der Waals surface area contributed by atoms with Crippen LogP contribution >= 0.6 is 11.3 Å². The molecular weight excluding hydrogens is 406 g/mol. The van der Waals surface area contributed by atoms with E-state index in [2.05, 4.69) is 22.3 Å². The number of hydrogen-bond donors (Lipinski definition) is 3. The van der Waals surface area contributed by atoms with Crippen molar-refractivity contribution >= 4 is 33.1 Å². The van der Waals surface area contributed by atoms with Crippen molar-refractivity contribution in [3.8, 4) is 0 Å². The predicted octanol–water partition coefficient (Wildman–Crippen LogP) is 4.56. The van der Waals surface area contributed by atoms with Crippen molar-refractivity contribution in [1.29, 1.82) is 0 Å². The van der Waals surface area contributed by atoms with Crippen molar-refractivity contribution in [3.63, 3.8) is 0 Å². The van der Waals surface area contributed by atoms with Crippen LogP contribution in [0.4, 0.5) is 10.5 Å². The molecule has 1 aromatic heterocycles. The third-order valence-corrected chi connectivity index (χ3v) is 8.26. The number of urea groups is 1. The molecule has 1 atom stereocenters. The smallest absolute Gasteiger partial charge is 0.315 e. The molecule has 1 aromatic carbocycles. The number of anilines is 1. The van der Waals surface area contributed by atoms with E-state index in [4.69, 9.17) is 0 Å². The van der Waals surface area contributed by atoms with Crippen LogP contribution in [-0.4, -0.2) is 21.0 Å². The summed E-state index contributed by atoms with van der Waals surface area (Å²) in [5.41, 5.74) is 1.18. The Hall–Kier alpha value is -2.06. The van der Waals surface area contributed by atoms with E-state index in [1.165, 1.54) is 32.1 Å². The summed E-state index contributed by atoms with van der Waals surface area (Å²) < 4.78 is 27.8. The van der Waals surface area contributed by atoms with E-state index in [1.807, 2.05) is 6.07 Å². The van der Waals surface area contributed by atoms with E-state index >= 15 is 0 Å². The summed E-state index contributed by atoms with van der Waals surface area (Å²) in [6.45, 7) is 3.10. The quantitative estimate of drug-likeness (QED) is 0.568. The Morgan fingerprint density at radius 1 is 1.10 bits per heavy atom. The summed E-state index contributed by atoms with van der Waals surface area (Å²) in [5, 5.41) is 7.51. The Morgan fingerprint density at radius 2 is 1.86 bits per heavy atom. The first-order valence-electron chi connectivity index (χ1n) is 10.1. The molecule has 2 aromatic rings. The van der Waals surface area contributed by atoms with Crippen LogP contribution in [0, 0.1) is 11.8 Å². The van der Waals surface area contributed by atoms with Crippen molar-refractivity contribution < 1.29 is 13.2 Å². The fraction of sp³-hybridized carbons (Fsp3) is 0.476. The minimum Gasteiger partial charge on any atom is -0.338 e. The molecule has 0 spiro atoms. The van der Waals surface area contributed by atoms with Crippen molar-refractivity contribution in [2.75, 3.05) is 11.3 Å². The summed E-state index contributed by atoms with van der Waals surface area (Å²) in [5.74, 6) is 1.15. The molecule has 0 radical (unpaired) electrons. The molecule has 3 N–H and O–H groups in total. The van der Waals surface area contributed by atoms with Crippen LogP contribution in [-0.2, 0) is 16.6 Å². The number of nitrogens with one attached hydrogen (secondary N) is 3. The molecule has 158 valence electrons. The molecule has 1 saturated carbocycles. The molecule has 3 rings (SSSR count). The fourth-order valence-electron chi connectivity index (χ4n) is 3.75. The third-order valence-electron chi connectivity index (χ3n) is 5.50. The van der Waals surface area contributed by atoms with Gasteiger partial charge in [-0.15, -0.1) is 11.3 Å². The lowest BCUT2D eigenvalue weighted by Crippen LogP contribution is -2.39. The third kappa shape index (κ3) is 6.21. The molecule has 1 aliphatic rings. The lowest BCUT2D eigenvalue weighted by Gasteiger charge is -2.27. The standard InChI is InChI=1S/C21H29N3O3S2/c1-16(17-8-3-2-4-9-17)14-22-21(25)23-15-18-10-5-6-11-19(18)24-29(26,27)20-12-7-13-28-20/h5-7,10-13,16-17,24H,2-4,8-9,14-15H2,1H3,(H2,22,23,25). The average Bonchev–Trinajstić information content (AvgIpc) is 3.28. The van der Waals surface area contributed by atoms with Gasteiger partial charge >= 0.3 is 6.03 Å². The molecular formula is C21H29N3O3S2. The zero-order chi connectivity index (χ0) is 20.7. The van der Waals surface area contributed by atoms with Crippen LogP contribution in [0.2, 0.25) is 0 Å². The van der Waals surface area contributed by atoms with Crippen LogP contribution in [0.15, 0.2) is 46.0 Å². The minimum atomic E-state index is -3.62. The number of carbonyl (C=O) groups is 1. The normalized spacial score (nSPS) is 16.2. The second kappa shape index (κ2) is 10.1. The Kier molecular flexibility index (Phi) is 7.55. The van der Waals surface area contributed by atoms with Gasteiger partial charge in [0.05, 0.1) is 5.69 Å². The van der Waals surface area contributed by atoms with Crippen LogP contribution in [0.1, 0.15) is 44.6 Å². The van der Waals surface area contributed by atoms with Gasteiger partial charge in [0, 0.05) is 13.1 Å². The minimum absolute atomic E-state index is 0.233. The number of sulfonamides is 1. The van der Waals surface area contributed by atoms with E-state index in [0.717, 1.165) is 11.3 Å². The molecule has 1 aliphatic carbocycles. The zero-order valence-electron chi connectivity index (χ0n) is 16.7. The molecule has 1 heterocycles. The molecule has 0 aliphatic heterocycles. The number of rotatable bonds is 8. The second-order valence-corrected chi connectivity index (χ2v) is 10.5. The summed E-state index contributed by atoms with van der Waals surface area (Å²) in [6.07, 6.45) is 6.41. The van der Waals surface area contributed by atoms with Gasteiger partial charge < -0.3 is 10.6 Å². The van der Waals surface area contributed by atoms with Gasteiger partial charge in [0.15, 0.2) is 0 Å². The van der Waals surface area contributed by atoms with E-state index in [-0.39, 0.29) is 16.8 Å². The molecule has 29 heavy (non-hydrogen) atoms. The topological polar surface area (TPSA) is 87.3 Å². The molecule has 1 fully saturated rings. The average molecular weight is 436 g/mol. The Labute approximate surface area is 177 Å². The number of hydrogen-bond acceptors (Lipinski definition) is 4. The second-order valence-electron chi connectivity index (χ2n) is 7.63. The molecule has 2 amide bonds. The summed E-state index contributed by atoms with van der Waals surface area (Å²) >= 11 is 1.16. The number of benzene rings is 1. The highest BCUT2D eigenvalue weighted by atomic mass is 32.2. The van der Waals surface area contributed by atoms with Gasteiger partial charge in [-0.05, 0) is 34.9 Å². The number of amides is 2. The first-order valence-corrected chi connectivity index (χ1v) is 12.5. The molecule has 1 unspecified atom stereocenters. The molecule has 0 saturated heterocycles. The van der Waals surface area contributed by atoms with Gasteiger partial charge in [-0.2, -0.15) is 0 Å². The number of carbonyl (C=O) groups excluding carboxylic acids is 1. The molecule has 8 heteroatoms. The summed E-state index contributed by atoms with van der Waals surface area (Å²) in [4.78, 5) is 12.2. The lowest BCUT2D eigenvalue weighted by molar-refractivity contribution is 0.228. The Morgan fingerprint density at radius 3 is 2.59 bits per heavy atom. The molecule has 6 nitrogen and oxygen atoms in total. The van der Waals surface area contributed by atoms with Crippen LogP contribution in [0.25, 0.3) is 0 Å². The van der Waals surface area contributed by atoms with Crippen molar-refractivity contribution in [2.45, 2.75) is 49.8 Å². The number of thiophene rings is 1. The Bertz CT molecular complexity index is 892. The van der Waals surface area contributed by atoms with Crippen LogP contribution in [0.5, 0.6) is 0 Å². The largest absolute Gasteiger partial charge is 0.338 e. The first kappa shape index (κ1) is 21.6. The predicted molar refractivity (Wildman–Crippen MR) is 118 cm³/mol. The van der Waals surface area contributed by atoms with E-state index < -0.39 is 10.0 Å². The van der Waals surface area contributed by atoms with Gasteiger partial charge in [-0.25, -0.2) is 13.2 Å². The summed E-state index contributed by atoms with van der Waals surface area (Å²) in [6, 6.07) is 10.1. The molecule has 0 bridgehead atoms. The van der Waals surface area contributed by atoms with Crippen LogP contribution in [0.3, 0.4) is 0 Å². The maximum atomic E-state index is 12.5. The highest BCUT2D eigenvalue weighted by Gasteiger charge is 2.20. The van der Waals surface area contributed by atoms with E-state index in [0.29, 0.717) is 29.6 Å². The van der Waals surface area contributed by atoms with Gasteiger partial charge in [0.25, 0.3) is 10.0 Å².